The standard InChI is InChI=1S/C10H15FN2O3S/c1-16-6-2-5-13-17(14,15)8-3-4-9(11)10(12)7-8/h3-4,7,13H,2,5-6,12H2,1H3. The minimum atomic E-state index is -3.63. The van der Waals surface area contributed by atoms with Crippen LogP contribution in [0.15, 0.2) is 23.1 Å². The van der Waals surface area contributed by atoms with Crippen molar-refractivity contribution in [2.24, 2.45) is 0 Å². The van der Waals surface area contributed by atoms with Crippen molar-refractivity contribution in [3.8, 4) is 0 Å². The lowest BCUT2D eigenvalue weighted by atomic mass is 10.3. The first-order valence-electron chi connectivity index (χ1n) is 5.01. The lowest BCUT2D eigenvalue weighted by Crippen LogP contribution is -2.25. The number of ether oxygens (including phenoxy) is 1. The summed E-state index contributed by atoms with van der Waals surface area (Å²) in [5.41, 5.74) is 5.12. The monoisotopic (exact) mass is 262 g/mol. The third-order valence-corrected chi connectivity index (χ3v) is 3.55. The van der Waals surface area contributed by atoms with Crippen molar-refractivity contribution in [2.45, 2.75) is 11.3 Å². The second-order valence-corrected chi connectivity index (χ2v) is 5.19. The van der Waals surface area contributed by atoms with E-state index >= 15 is 0 Å². The van der Waals surface area contributed by atoms with E-state index in [1.807, 2.05) is 0 Å². The molecule has 0 aliphatic rings. The fourth-order valence-electron chi connectivity index (χ4n) is 1.20. The molecule has 0 spiro atoms. The SMILES string of the molecule is COCCCNS(=O)(=O)c1ccc(F)c(N)c1. The Morgan fingerprint density at radius 1 is 1.47 bits per heavy atom. The summed E-state index contributed by atoms with van der Waals surface area (Å²) in [6, 6.07) is 3.29. The zero-order valence-corrected chi connectivity index (χ0v) is 10.3. The fourth-order valence-corrected chi connectivity index (χ4v) is 2.30. The average molecular weight is 262 g/mol. The van der Waals surface area contributed by atoms with E-state index in [2.05, 4.69) is 4.72 Å². The molecule has 17 heavy (non-hydrogen) atoms. The number of methoxy groups -OCH3 is 1. The number of nitrogens with one attached hydrogen (secondary N) is 1. The highest BCUT2D eigenvalue weighted by Crippen LogP contribution is 2.16. The lowest BCUT2D eigenvalue weighted by Gasteiger charge is -2.07. The number of sulfonamides is 1. The smallest absolute Gasteiger partial charge is 0.240 e. The second kappa shape index (κ2) is 5.95. The molecule has 5 nitrogen and oxygen atoms in total. The molecule has 96 valence electrons. The van der Waals surface area contributed by atoms with Gasteiger partial charge in [0.2, 0.25) is 10.0 Å². The molecule has 0 heterocycles. The molecule has 0 aliphatic carbocycles. The van der Waals surface area contributed by atoms with Crippen LogP contribution in [-0.4, -0.2) is 28.7 Å². The highest BCUT2D eigenvalue weighted by atomic mass is 32.2. The highest BCUT2D eigenvalue weighted by molar-refractivity contribution is 7.89. The van der Waals surface area contributed by atoms with Gasteiger partial charge >= 0.3 is 0 Å². The van der Waals surface area contributed by atoms with Crippen molar-refractivity contribution < 1.29 is 17.5 Å². The summed E-state index contributed by atoms with van der Waals surface area (Å²) in [4.78, 5) is -0.0474. The summed E-state index contributed by atoms with van der Waals surface area (Å²) < 4.78 is 43.5. The maximum absolute atomic E-state index is 12.9. The molecule has 0 aromatic heterocycles. The van der Waals surface area contributed by atoms with Gasteiger partial charge in [0.25, 0.3) is 0 Å². The molecule has 1 aromatic carbocycles. The first-order chi connectivity index (χ1) is 7.97. The maximum atomic E-state index is 12.9. The number of hydrogen-bond donors (Lipinski definition) is 2. The lowest BCUT2D eigenvalue weighted by molar-refractivity contribution is 0.196. The molecule has 0 bridgehead atoms. The van der Waals surface area contributed by atoms with Crippen LogP contribution in [0.4, 0.5) is 10.1 Å². The highest BCUT2D eigenvalue weighted by Gasteiger charge is 2.14. The van der Waals surface area contributed by atoms with Gasteiger partial charge in [-0.2, -0.15) is 0 Å². The van der Waals surface area contributed by atoms with Gasteiger partial charge in [0.05, 0.1) is 10.6 Å². The van der Waals surface area contributed by atoms with Crippen LogP contribution in [0.5, 0.6) is 0 Å². The van der Waals surface area contributed by atoms with E-state index in [-0.39, 0.29) is 17.1 Å². The molecule has 0 aliphatic heterocycles. The summed E-state index contributed by atoms with van der Waals surface area (Å²) in [6.45, 7) is 0.724. The van der Waals surface area contributed by atoms with Gasteiger partial charge in [-0.15, -0.1) is 0 Å². The fraction of sp³-hybridized carbons (Fsp3) is 0.400. The number of nitrogen functional groups attached to an aromatic ring is 1. The summed E-state index contributed by atoms with van der Waals surface area (Å²) in [5.74, 6) is -0.636. The molecule has 0 atom stereocenters. The summed E-state index contributed by atoms with van der Waals surface area (Å²) in [6.07, 6.45) is 0.562. The van der Waals surface area contributed by atoms with E-state index in [4.69, 9.17) is 10.5 Å². The number of rotatable bonds is 6. The van der Waals surface area contributed by atoms with Crippen LogP contribution in [0.25, 0.3) is 0 Å². The average Bonchev–Trinajstić information content (AvgIpc) is 2.28. The second-order valence-electron chi connectivity index (χ2n) is 3.43. The predicted molar refractivity (Wildman–Crippen MR) is 62.5 cm³/mol. The molecular weight excluding hydrogens is 247 g/mol. The molecule has 0 fully saturated rings. The topological polar surface area (TPSA) is 81.4 Å². The van der Waals surface area contributed by atoms with Crippen LogP contribution in [0.1, 0.15) is 6.42 Å². The van der Waals surface area contributed by atoms with Crippen molar-refractivity contribution in [3.63, 3.8) is 0 Å². The maximum Gasteiger partial charge on any atom is 0.240 e. The summed E-state index contributed by atoms with van der Waals surface area (Å²) in [5, 5.41) is 0. The Labute approximate surface area is 99.8 Å². The van der Waals surface area contributed by atoms with Gasteiger partial charge < -0.3 is 10.5 Å². The number of hydrogen-bond acceptors (Lipinski definition) is 4. The van der Waals surface area contributed by atoms with Gasteiger partial charge in [-0.1, -0.05) is 0 Å². The number of halogens is 1. The Hall–Kier alpha value is -1.18. The first kappa shape index (κ1) is 13.9. The van der Waals surface area contributed by atoms with Gasteiger partial charge in [-0.25, -0.2) is 17.5 Å². The van der Waals surface area contributed by atoms with Crippen molar-refractivity contribution in [3.05, 3.63) is 24.0 Å². The van der Waals surface area contributed by atoms with E-state index in [0.29, 0.717) is 13.0 Å². The molecule has 0 radical (unpaired) electrons. The molecule has 0 unspecified atom stereocenters. The molecule has 7 heteroatoms. The van der Waals surface area contributed by atoms with Crippen LogP contribution >= 0.6 is 0 Å². The molecule has 1 aromatic rings. The summed E-state index contributed by atoms with van der Waals surface area (Å²) in [7, 11) is -2.10. The Morgan fingerprint density at radius 2 is 2.18 bits per heavy atom. The van der Waals surface area contributed by atoms with Crippen molar-refractivity contribution in [1.82, 2.24) is 4.72 Å². The van der Waals surface area contributed by atoms with Crippen LogP contribution in [0.2, 0.25) is 0 Å². The van der Waals surface area contributed by atoms with Crippen LogP contribution in [-0.2, 0) is 14.8 Å². The normalized spacial score (nSPS) is 11.6. The zero-order chi connectivity index (χ0) is 12.9. The number of nitrogens with two attached hydrogens (primary N) is 1. The van der Waals surface area contributed by atoms with Crippen molar-refractivity contribution in [2.75, 3.05) is 26.0 Å². The Bertz CT molecular complexity index is 476. The molecule has 0 saturated carbocycles. The zero-order valence-electron chi connectivity index (χ0n) is 9.44. The molecular formula is C10H15FN2O3S. The quantitative estimate of drug-likeness (QED) is 0.584. The van der Waals surface area contributed by atoms with E-state index in [1.165, 1.54) is 13.2 Å². The van der Waals surface area contributed by atoms with Crippen molar-refractivity contribution in [1.29, 1.82) is 0 Å². The van der Waals surface area contributed by atoms with E-state index in [9.17, 15) is 12.8 Å². The third kappa shape index (κ3) is 3.95. The van der Waals surface area contributed by atoms with E-state index in [1.54, 1.807) is 0 Å². The minimum absolute atomic E-state index is 0.0474. The predicted octanol–water partition coefficient (Wildman–Crippen LogP) is 0.723. The molecule has 1 rings (SSSR count). The number of anilines is 1. The minimum Gasteiger partial charge on any atom is -0.396 e. The van der Waals surface area contributed by atoms with Gasteiger partial charge in [0, 0.05) is 20.3 Å². The Morgan fingerprint density at radius 3 is 2.76 bits per heavy atom. The first-order valence-corrected chi connectivity index (χ1v) is 6.49. The Balaban J connectivity index is 2.72. The third-order valence-electron chi connectivity index (χ3n) is 2.10. The van der Waals surface area contributed by atoms with Gasteiger partial charge in [0.1, 0.15) is 5.82 Å². The molecule has 3 N–H and O–H groups in total. The van der Waals surface area contributed by atoms with Crippen LogP contribution in [0.3, 0.4) is 0 Å². The summed E-state index contributed by atoms with van der Waals surface area (Å²) >= 11 is 0. The van der Waals surface area contributed by atoms with E-state index < -0.39 is 15.8 Å². The Kier molecular flexibility index (Phi) is 4.86. The van der Waals surface area contributed by atoms with E-state index in [0.717, 1.165) is 12.1 Å². The van der Waals surface area contributed by atoms with Gasteiger partial charge in [-0.05, 0) is 24.6 Å². The molecule has 0 saturated heterocycles. The number of benzene rings is 1. The van der Waals surface area contributed by atoms with Crippen LogP contribution < -0.4 is 10.5 Å². The van der Waals surface area contributed by atoms with Gasteiger partial charge in [-0.3, -0.25) is 0 Å². The van der Waals surface area contributed by atoms with Crippen molar-refractivity contribution >= 4 is 15.7 Å². The molecule has 0 amide bonds. The van der Waals surface area contributed by atoms with Gasteiger partial charge in [0.15, 0.2) is 0 Å². The largest absolute Gasteiger partial charge is 0.396 e. The van der Waals surface area contributed by atoms with Crippen LogP contribution in [0, 0.1) is 5.82 Å².